The van der Waals surface area contributed by atoms with Crippen molar-refractivity contribution in [1.29, 1.82) is 0 Å². The molecule has 2 amide bonds. The molecule has 126 valence electrons. The largest absolute Gasteiger partial charge is 0.379 e. The van der Waals surface area contributed by atoms with E-state index >= 15 is 0 Å². The van der Waals surface area contributed by atoms with E-state index in [1.807, 2.05) is 17.0 Å². The van der Waals surface area contributed by atoms with Gasteiger partial charge in [0.1, 0.15) is 0 Å². The third-order valence-corrected chi connectivity index (χ3v) is 4.36. The Labute approximate surface area is 137 Å². The fourth-order valence-corrected chi connectivity index (χ4v) is 3.13. The number of nitrogens with one attached hydrogen (secondary N) is 1. The second-order valence-corrected chi connectivity index (χ2v) is 5.82. The highest BCUT2D eigenvalue weighted by molar-refractivity contribution is 5.79. The van der Waals surface area contributed by atoms with Gasteiger partial charge in [-0.3, -0.25) is 14.6 Å². The van der Waals surface area contributed by atoms with Crippen LogP contribution in [0.3, 0.4) is 0 Å². The summed E-state index contributed by atoms with van der Waals surface area (Å²) in [4.78, 5) is 30.2. The van der Waals surface area contributed by atoms with Gasteiger partial charge in [-0.05, 0) is 30.9 Å². The van der Waals surface area contributed by atoms with Crippen LogP contribution < -0.4 is 5.32 Å². The highest BCUT2D eigenvalue weighted by Crippen LogP contribution is 2.24. The number of aromatic nitrogens is 1. The zero-order valence-electron chi connectivity index (χ0n) is 13.8. The van der Waals surface area contributed by atoms with Gasteiger partial charge in [0.05, 0.1) is 18.6 Å². The normalized spacial score (nSPS) is 21.0. The van der Waals surface area contributed by atoms with Gasteiger partial charge in [0.15, 0.2) is 0 Å². The summed E-state index contributed by atoms with van der Waals surface area (Å²) in [5, 5.41) is 2.63. The number of carbonyl (C=O) groups excluding carboxylic acids is 2. The number of amides is 2. The summed E-state index contributed by atoms with van der Waals surface area (Å²) in [6.45, 7) is 0.720. The zero-order chi connectivity index (χ0) is 16.7. The number of ether oxygens (including phenoxy) is 1. The first-order valence-electron chi connectivity index (χ1n) is 8.07. The van der Waals surface area contributed by atoms with Crippen molar-refractivity contribution in [3.63, 3.8) is 0 Å². The minimum absolute atomic E-state index is 0.00810. The van der Waals surface area contributed by atoms with E-state index in [4.69, 9.17) is 4.74 Å². The van der Waals surface area contributed by atoms with E-state index in [9.17, 15) is 9.59 Å². The quantitative estimate of drug-likeness (QED) is 0.854. The van der Waals surface area contributed by atoms with E-state index < -0.39 is 0 Å². The minimum Gasteiger partial charge on any atom is -0.379 e. The van der Waals surface area contributed by atoms with Crippen LogP contribution in [0.1, 0.15) is 31.2 Å². The van der Waals surface area contributed by atoms with Gasteiger partial charge in [-0.15, -0.1) is 0 Å². The number of methoxy groups -OCH3 is 1. The van der Waals surface area contributed by atoms with Crippen molar-refractivity contribution in [1.82, 2.24) is 15.2 Å². The molecule has 1 N–H and O–H groups in total. The second-order valence-electron chi connectivity index (χ2n) is 5.82. The van der Waals surface area contributed by atoms with Gasteiger partial charge in [-0.1, -0.05) is 6.07 Å². The topological polar surface area (TPSA) is 71.5 Å². The van der Waals surface area contributed by atoms with E-state index in [0.717, 1.165) is 24.9 Å². The number of pyridine rings is 1. The Morgan fingerprint density at radius 2 is 2.30 bits per heavy atom. The molecule has 2 atom stereocenters. The molecule has 0 spiro atoms. The Balaban J connectivity index is 2.05. The average Bonchev–Trinajstić information content (AvgIpc) is 2.60. The lowest BCUT2D eigenvalue weighted by Gasteiger charge is -2.40. The van der Waals surface area contributed by atoms with Crippen molar-refractivity contribution in [2.75, 3.05) is 20.7 Å². The monoisotopic (exact) mass is 319 g/mol. The Hall–Kier alpha value is -1.95. The molecular formula is C17H25N3O3. The first-order valence-corrected chi connectivity index (χ1v) is 8.07. The minimum atomic E-state index is -0.0461. The van der Waals surface area contributed by atoms with Gasteiger partial charge in [0.25, 0.3) is 0 Å². The summed E-state index contributed by atoms with van der Waals surface area (Å²) in [5.74, 6) is 0.0618. The number of hydrogen-bond acceptors (Lipinski definition) is 4. The van der Waals surface area contributed by atoms with Crippen LogP contribution in [0.15, 0.2) is 24.5 Å². The lowest BCUT2D eigenvalue weighted by molar-refractivity contribution is -0.140. The number of likely N-dealkylation sites (tertiary alicyclic amines) is 1. The van der Waals surface area contributed by atoms with Crippen LogP contribution in [-0.4, -0.2) is 54.5 Å². The lowest BCUT2D eigenvalue weighted by Crippen LogP contribution is -2.52. The number of carbonyl (C=O) groups is 2. The van der Waals surface area contributed by atoms with Crippen LogP contribution in [-0.2, 0) is 20.7 Å². The lowest BCUT2D eigenvalue weighted by atomic mass is 9.93. The van der Waals surface area contributed by atoms with E-state index in [0.29, 0.717) is 19.3 Å². The molecule has 6 heteroatoms. The first kappa shape index (κ1) is 17.4. The van der Waals surface area contributed by atoms with Gasteiger partial charge in [-0.2, -0.15) is 0 Å². The molecule has 1 fully saturated rings. The molecule has 23 heavy (non-hydrogen) atoms. The zero-order valence-corrected chi connectivity index (χ0v) is 13.8. The summed E-state index contributed by atoms with van der Waals surface area (Å²) in [5.41, 5.74) is 0.905. The molecule has 1 aromatic heterocycles. The molecular weight excluding hydrogens is 294 g/mol. The summed E-state index contributed by atoms with van der Waals surface area (Å²) in [6.07, 6.45) is 6.61. The number of hydrogen-bond donors (Lipinski definition) is 1. The van der Waals surface area contributed by atoms with Crippen molar-refractivity contribution in [2.45, 2.75) is 44.2 Å². The van der Waals surface area contributed by atoms with Gasteiger partial charge in [0.2, 0.25) is 11.8 Å². The molecule has 0 radical (unpaired) electrons. The summed E-state index contributed by atoms with van der Waals surface area (Å²) < 4.78 is 5.56. The fraction of sp³-hybridized carbons (Fsp3) is 0.588. The highest BCUT2D eigenvalue weighted by atomic mass is 16.5. The summed E-state index contributed by atoms with van der Waals surface area (Å²) in [7, 11) is 3.30. The molecule has 1 aliphatic heterocycles. The summed E-state index contributed by atoms with van der Waals surface area (Å²) in [6, 6.07) is 3.69. The third-order valence-electron chi connectivity index (χ3n) is 4.36. The number of piperidine rings is 1. The Bertz CT molecular complexity index is 521. The smallest absolute Gasteiger partial charge is 0.227 e. The molecule has 2 rings (SSSR count). The predicted octanol–water partition coefficient (Wildman–Crippen LogP) is 1.16. The average molecular weight is 319 g/mol. The highest BCUT2D eigenvalue weighted by Gasteiger charge is 2.34. The van der Waals surface area contributed by atoms with Crippen LogP contribution in [0.25, 0.3) is 0 Å². The Morgan fingerprint density at radius 1 is 1.48 bits per heavy atom. The van der Waals surface area contributed by atoms with Crippen molar-refractivity contribution >= 4 is 11.8 Å². The fourth-order valence-electron chi connectivity index (χ4n) is 3.13. The van der Waals surface area contributed by atoms with Gasteiger partial charge >= 0.3 is 0 Å². The first-order chi connectivity index (χ1) is 11.2. The second kappa shape index (κ2) is 8.62. The maximum absolute atomic E-state index is 12.7. The van der Waals surface area contributed by atoms with Crippen LogP contribution in [0.4, 0.5) is 0 Å². The Morgan fingerprint density at radius 3 is 2.96 bits per heavy atom. The molecule has 0 unspecified atom stereocenters. The molecule has 0 aromatic carbocycles. The molecule has 1 saturated heterocycles. The van der Waals surface area contributed by atoms with Crippen LogP contribution in [0.5, 0.6) is 0 Å². The molecule has 1 aliphatic rings. The molecule has 0 saturated carbocycles. The standard InChI is InChI=1S/C17H25N3O3/c1-18-16(21)8-7-14-15(23-2)6-4-10-20(14)17(22)11-13-5-3-9-19-12-13/h3,5,9,12,14-15H,4,6-8,10-11H2,1-2H3,(H,18,21)/t14-,15-/m0/s1. The summed E-state index contributed by atoms with van der Waals surface area (Å²) >= 11 is 0. The molecule has 0 aliphatic carbocycles. The number of rotatable bonds is 6. The van der Waals surface area contributed by atoms with Crippen molar-refractivity contribution in [3.8, 4) is 0 Å². The van der Waals surface area contributed by atoms with Crippen molar-refractivity contribution < 1.29 is 14.3 Å². The van der Waals surface area contributed by atoms with E-state index in [2.05, 4.69) is 10.3 Å². The maximum Gasteiger partial charge on any atom is 0.227 e. The van der Waals surface area contributed by atoms with Crippen LogP contribution in [0, 0.1) is 0 Å². The Kier molecular flexibility index (Phi) is 6.52. The molecule has 0 bridgehead atoms. The molecule has 2 heterocycles. The SMILES string of the molecule is CNC(=O)CC[C@H]1[C@@H](OC)CCCN1C(=O)Cc1cccnc1. The van der Waals surface area contributed by atoms with Crippen LogP contribution >= 0.6 is 0 Å². The van der Waals surface area contributed by atoms with Gasteiger partial charge in [0, 0.05) is 39.5 Å². The van der Waals surface area contributed by atoms with Gasteiger partial charge < -0.3 is 15.0 Å². The molecule has 1 aromatic rings. The van der Waals surface area contributed by atoms with E-state index in [1.54, 1.807) is 26.6 Å². The third kappa shape index (κ3) is 4.76. The maximum atomic E-state index is 12.7. The van der Waals surface area contributed by atoms with E-state index in [-0.39, 0.29) is 24.0 Å². The number of nitrogens with zero attached hydrogens (tertiary/aromatic N) is 2. The van der Waals surface area contributed by atoms with Gasteiger partial charge in [-0.25, -0.2) is 0 Å². The van der Waals surface area contributed by atoms with Crippen molar-refractivity contribution in [3.05, 3.63) is 30.1 Å². The van der Waals surface area contributed by atoms with E-state index in [1.165, 1.54) is 0 Å². The van der Waals surface area contributed by atoms with Crippen molar-refractivity contribution in [2.24, 2.45) is 0 Å². The molecule has 6 nitrogen and oxygen atoms in total. The predicted molar refractivity (Wildman–Crippen MR) is 86.8 cm³/mol. The van der Waals surface area contributed by atoms with Crippen LogP contribution in [0.2, 0.25) is 0 Å².